The molecule has 2 aromatic carbocycles. The van der Waals surface area contributed by atoms with Crippen LogP contribution in [-0.2, 0) is 10.0 Å². The van der Waals surface area contributed by atoms with Crippen LogP contribution in [0.1, 0.15) is 5.56 Å². The summed E-state index contributed by atoms with van der Waals surface area (Å²) in [5.41, 5.74) is 0.590. The molecule has 0 spiro atoms. The van der Waals surface area contributed by atoms with E-state index >= 15 is 0 Å². The van der Waals surface area contributed by atoms with Crippen LogP contribution in [0.25, 0.3) is 0 Å². The number of nitrogens with zero attached hydrogens (tertiary/aromatic N) is 1. The lowest BCUT2D eigenvalue weighted by Gasteiger charge is -2.13. The normalized spacial score (nSPS) is 11.1. The number of hydrogen-bond acceptors (Lipinski definition) is 5. The summed E-state index contributed by atoms with van der Waals surface area (Å²) >= 11 is 5.84. The van der Waals surface area contributed by atoms with E-state index in [0.29, 0.717) is 16.3 Å². The molecule has 2 rings (SSSR count). The first-order valence-corrected chi connectivity index (χ1v) is 8.22. The highest BCUT2D eigenvalue weighted by molar-refractivity contribution is 7.92. The van der Waals surface area contributed by atoms with Gasteiger partial charge in [-0.2, -0.15) is 0 Å². The van der Waals surface area contributed by atoms with Crippen LogP contribution in [0.3, 0.4) is 0 Å². The summed E-state index contributed by atoms with van der Waals surface area (Å²) in [7, 11) is -2.78. The molecule has 9 heteroatoms. The minimum Gasteiger partial charge on any atom is -0.495 e. The van der Waals surface area contributed by atoms with Gasteiger partial charge in [0, 0.05) is 17.2 Å². The fraction of sp³-hybridized carbons (Fsp3) is 0.143. The standard InChI is InChI=1S/C14H13ClN2O5S/c1-9-7-10(15)3-5-12(9)16-23(20,21)14-8-11(17(18)19)4-6-13(14)22-2/h3-8,16H,1-2H3. The Hall–Kier alpha value is -2.32. The van der Waals surface area contributed by atoms with Gasteiger partial charge < -0.3 is 4.74 Å². The number of non-ortho nitro benzene ring substituents is 1. The molecule has 0 aliphatic carbocycles. The third kappa shape index (κ3) is 3.72. The lowest BCUT2D eigenvalue weighted by Crippen LogP contribution is -2.15. The van der Waals surface area contributed by atoms with Crippen LogP contribution in [-0.4, -0.2) is 20.5 Å². The van der Waals surface area contributed by atoms with E-state index in [1.165, 1.54) is 31.4 Å². The number of benzene rings is 2. The fourth-order valence-electron chi connectivity index (χ4n) is 1.93. The number of halogens is 1. The van der Waals surface area contributed by atoms with Gasteiger partial charge in [-0.3, -0.25) is 14.8 Å². The molecule has 0 saturated heterocycles. The van der Waals surface area contributed by atoms with Gasteiger partial charge in [-0.05, 0) is 36.8 Å². The third-order valence-corrected chi connectivity index (χ3v) is 4.70. The maximum Gasteiger partial charge on any atom is 0.271 e. The molecule has 23 heavy (non-hydrogen) atoms. The number of aryl methyl sites for hydroxylation is 1. The van der Waals surface area contributed by atoms with E-state index in [9.17, 15) is 18.5 Å². The first kappa shape index (κ1) is 17.0. The molecule has 0 aliphatic heterocycles. The second kappa shape index (κ2) is 6.43. The van der Waals surface area contributed by atoms with E-state index in [1.807, 2.05) is 0 Å². The van der Waals surface area contributed by atoms with Crippen molar-refractivity contribution >= 4 is 33.0 Å². The Morgan fingerprint density at radius 3 is 2.48 bits per heavy atom. The minimum atomic E-state index is -4.07. The van der Waals surface area contributed by atoms with Crippen LogP contribution >= 0.6 is 11.6 Å². The molecule has 0 aliphatic rings. The predicted octanol–water partition coefficient (Wildman–Crippen LogP) is 3.37. The van der Waals surface area contributed by atoms with Gasteiger partial charge in [-0.25, -0.2) is 8.42 Å². The van der Waals surface area contributed by atoms with Crippen molar-refractivity contribution in [1.29, 1.82) is 0 Å². The molecule has 0 saturated carbocycles. The van der Waals surface area contributed by atoms with Crippen molar-refractivity contribution in [3.63, 3.8) is 0 Å². The lowest BCUT2D eigenvalue weighted by atomic mass is 10.2. The van der Waals surface area contributed by atoms with Crippen LogP contribution in [0.5, 0.6) is 5.75 Å². The molecule has 122 valence electrons. The molecule has 0 unspecified atom stereocenters. The number of ether oxygens (including phenoxy) is 1. The van der Waals surface area contributed by atoms with Crippen molar-refractivity contribution in [2.75, 3.05) is 11.8 Å². The van der Waals surface area contributed by atoms with E-state index < -0.39 is 14.9 Å². The van der Waals surface area contributed by atoms with Crippen LogP contribution < -0.4 is 9.46 Å². The Morgan fingerprint density at radius 1 is 1.22 bits per heavy atom. The maximum absolute atomic E-state index is 12.5. The van der Waals surface area contributed by atoms with E-state index in [-0.39, 0.29) is 16.3 Å². The topological polar surface area (TPSA) is 98.5 Å². The molecule has 0 radical (unpaired) electrons. The number of methoxy groups -OCH3 is 1. The molecular formula is C14H13ClN2O5S. The number of sulfonamides is 1. The molecule has 0 atom stereocenters. The predicted molar refractivity (Wildman–Crippen MR) is 86.6 cm³/mol. The average molecular weight is 357 g/mol. The van der Waals surface area contributed by atoms with Gasteiger partial charge in [0.15, 0.2) is 0 Å². The summed E-state index contributed by atoms with van der Waals surface area (Å²) < 4.78 is 32.5. The molecule has 0 heterocycles. The molecule has 0 fully saturated rings. The Morgan fingerprint density at radius 2 is 1.91 bits per heavy atom. The van der Waals surface area contributed by atoms with Crippen molar-refractivity contribution in [2.45, 2.75) is 11.8 Å². The summed E-state index contributed by atoms with van der Waals surface area (Å²) in [6, 6.07) is 8.01. The van der Waals surface area contributed by atoms with Crippen molar-refractivity contribution in [3.05, 3.63) is 57.1 Å². The minimum absolute atomic E-state index is 0.00900. The second-order valence-corrected chi connectivity index (χ2v) is 6.74. The number of nitrogens with one attached hydrogen (secondary N) is 1. The molecule has 7 nitrogen and oxygen atoms in total. The zero-order valence-electron chi connectivity index (χ0n) is 12.2. The van der Waals surface area contributed by atoms with Crippen molar-refractivity contribution in [2.24, 2.45) is 0 Å². The van der Waals surface area contributed by atoms with Crippen molar-refractivity contribution in [3.8, 4) is 5.75 Å². The van der Waals surface area contributed by atoms with Crippen LogP contribution in [0.2, 0.25) is 5.02 Å². The first-order valence-electron chi connectivity index (χ1n) is 6.36. The van der Waals surface area contributed by atoms with E-state index in [0.717, 1.165) is 6.07 Å². The number of hydrogen-bond donors (Lipinski definition) is 1. The van der Waals surface area contributed by atoms with Gasteiger partial charge in [0.25, 0.3) is 15.7 Å². The number of anilines is 1. The van der Waals surface area contributed by atoms with Crippen molar-refractivity contribution < 1.29 is 18.1 Å². The summed E-state index contributed by atoms with van der Waals surface area (Å²) in [6.45, 7) is 1.69. The van der Waals surface area contributed by atoms with Gasteiger partial charge >= 0.3 is 0 Å². The number of rotatable bonds is 5. The second-order valence-electron chi connectivity index (χ2n) is 4.66. The Labute approximate surface area is 138 Å². The van der Waals surface area contributed by atoms with Gasteiger partial charge in [0.2, 0.25) is 0 Å². The molecule has 0 bridgehead atoms. The van der Waals surface area contributed by atoms with Crippen LogP contribution in [0, 0.1) is 17.0 Å². The largest absolute Gasteiger partial charge is 0.495 e. The highest BCUT2D eigenvalue weighted by Crippen LogP contribution is 2.30. The van der Waals surface area contributed by atoms with E-state index in [2.05, 4.69) is 4.72 Å². The zero-order chi connectivity index (χ0) is 17.2. The zero-order valence-corrected chi connectivity index (χ0v) is 13.8. The van der Waals surface area contributed by atoms with E-state index in [4.69, 9.17) is 16.3 Å². The maximum atomic E-state index is 12.5. The van der Waals surface area contributed by atoms with Gasteiger partial charge in [-0.15, -0.1) is 0 Å². The SMILES string of the molecule is COc1ccc([N+](=O)[O-])cc1S(=O)(=O)Nc1ccc(Cl)cc1C. The highest BCUT2D eigenvalue weighted by atomic mass is 35.5. The van der Waals surface area contributed by atoms with E-state index in [1.54, 1.807) is 13.0 Å². The quantitative estimate of drug-likeness (QED) is 0.654. The molecular weight excluding hydrogens is 344 g/mol. The van der Waals surface area contributed by atoms with Crippen LogP contribution in [0.15, 0.2) is 41.3 Å². The summed E-state index contributed by atoms with van der Waals surface area (Å²) in [4.78, 5) is 9.87. The molecule has 0 amide bonds. The van der Waals surface area contributed by atoms with Gasteiger partial charge in [0.05, 0.1) is 17.7 Å². The van der Waals surface area contributed by atoms with Crippen molar-refractivity contribution in [1.82, 2.24) is 0 Å². The van der Waals surface area contributed by atoms with Gasteiger partial charge in [0.1, 0.15) is 10.6 Å². The third-order valence-electron chi connectivity index (χ3n) is 3.08. The first-order chi connectivity index (χ1) is 10.7. The monoisotopic (exact) mass is 356 g/mol. The summed E-state index contributed by atoms with van der Waals surface area (Å²) in [5, 5.41) is 11.3. The molecule has 0 aromatic heterocycles. The Kier molecular flexibility index (Phi) is 4.76. The number of nitro benzene ring substituents is 1. The Balaban J connectivity index is 2.50. The lowest BCUT2D eigenvalue weighted by molar-refractivity contribution is -0.385. The average Bonchev–Trinajstić information content (AvgIpc) is 2.49. The molecule has 2 aromatic rings. The fourth-order valence-corrected chi connectivity index (χ4v) is 3.48. The molecule has 1 N–H and O–H groups in total. The smallest absolute Gasteiger partial charge is 0.271 e. The summed E-state index contributed by atoms with van der Waals surface area (Å²) in [5.74, 6) is 0.00900. The number of nitro groups is 1. The Bertz CT molecular complexity index is 867. The van der Waals surface area contributed by atoms with Gasteiger partial charge in [-0.1, -0.05) is 11.6 Å². The van der Waals surface area contributed by atoms with Crippen LogP contribution in [0.4, 0.5) is 11.4 Å². The summed E-state index contributed by atoms with van der Waals surface area (Å²) in [6.07, 6.45) is 0. The highest BCUT2D eigenvalue weighted by Gasteiger charge is 2.23.